The van der Waals surface area contributed by atoms with Gasteiger partial charge in [0.25, 0.3) is 0 Å². The summed E-state index contributed by atoms with van der Waals surface area (Å²) in [7, 11) is 3.60. The maximum atomic E-state index is 12.6. The van der Waals surface area contributed by atoms with Crippen LogP contribution in [0.15, 0.2) is 27.3 Å². The quantitative estimate of drug-likeness (QED) is 0.279. The van der Waals surface area contributed by atoms with Gasteiger partial charge in [-0.1, -0.05) is 34.5 Å². The highest BCUT2D eigenvalue weighted by Gasteiger charge is 2.29. The Morgan fingerprint density at radius 3 is 2.42 bits per heavy atom. The Labute approximate surface area is 170 Å². The third-order valence-electron chi connectivity index (χ3n) is 2.84. The lowest BCUT2D eigenvalue weighted by molar-refractivity contribution is -0.0323. The van der Waals surface area contributed by atoms with Crippen LogP contribution in [0, 0.1) is 0 Å². The lowest BCUT2D eigenvalue weighted by Gasteiger charge is -2.19. The largest absolute Gasteiger partial charge is 0.461 e. The van der Waals surface area contributed by atoms with Gasteiger partial charge in [-0.2, -0.15) is 13.2 Å². The molecule has 0 atom stereocenters. The average molecular weight is 462 g/mol. The normalized spacial score (nSPS) is 12.0. The van der Waals surface area contributed by atoms with Gasteiger partial charge in [0.05, 0.1) is 23.3 Å². The molecule has 2 rings (SSSR count). The van der Waals surface area contributed by atoms with E-state index < -0.39 is 5.51 Å². The van der Waals surface area contributed by atoms with Gasteiger partial charge < -0.3 is 9.62 Å². The van der Waals surface area contributed by atoms with Crippen LogP contribution < -0.4 is 9.62 Å². The number of anilines is 2. The second-order valence-electron chi connectivity index (χ2n) is 4.85. The molecule has 5 nitrogen and oxygen atoms in total. The number of azo groups is 1. The van der Waals surface area contributed by atoms with E-state index in [1.165, 1.54) is 11.8 Å². The molecular weight excluding hydrogens is 450 g/mol. The van der Waals surface area contributed by atoms with E-state index in [9.17, 15) is 13.2 Å². The summed E-state index contributed by atoms with van der Waals surface area (Å²) in [4.78, 5) is 6.54. The van der Waals surface area contributed by atoms with Crippen LogP contribution in [-0.2, 0) is 0 Å². The van der Waals surface area contributed by atoms with Crippen molar-refractivity contribution in [3.8, 4) is 0 Å². The van der Waals surface area contributed by atoms with Crippen molar-refractivity contribution in [2.75, 3.05) is 30.0 Å². The molecular formula is C13H12Cl2F3N5S3. The minimum absolute atomic E-state index is 0.101. The molecule has 2 aromatic rings. The maximum Gasteiger partial charge on any atom is 0.461 e. The fourth-order valence-corrected chi connectivity index (χ4v) is 3.83. The van der Waals surface area contributed by atoms with Crippen molar-refractivity contribution < 1.29 is 13.2 Å². The van der Waals surface area contributed by atoms with E-state index in [1.807, 2.05) is 6.26 Å². The third kappa shape index (κ3) is 5.81. The number of nitrogens with one attached hydrogen (secondary N) is 1. The number of hydrogen-bond acceptors (Lipinski definition) is 8. The lowest BCUT2D eigenvalue weighted by Crippen LogP contribution is -2.11. The number of alkyl halides is 3. The van der Waals surface area contributed by atoms with Crippen molar-refractivity contribution in [2.24, 2.45) is 10.2 Å². The first-order valence-electron chi connectivity index (χ1n) is 6.74. The zero-order chi connectivity index (χ0) is 19.5. The molecule has 0 unspecified atom stereocenters. The highest BCUT2D eigenvalue weighted by molar-refractivity contribution is 8.01. The van der Waals surface area contributed by atoms with Crippen LogP contribution in [0.25, 0.3) is 0 Å². The van der Waals surface area contributed by atoms with Gasteiger partial charge in [-0.3, -0.25) is 0 Å². The van der Waals surface area contributed by atoms with E-state index in [0.29, 0.717) is 0 Å². The standard InChI is InChI=1S/C13H12Cl2F3N5S3/c1-23(2)8-4-7(22-26-13(16,17)18)6(5-9(8)24-3)20-21-12-19-10(14)11(15)25-12/h4-5,22H,1-3H3. The minimum atomic E-state index is -4.44. The van der Waals surface area contributed by atoms with Gasteiger partial charge in [0, 0.05) is 19.0 Å². The number of rotatable bonds is 6. The molecule has 1 N–H and O–H groups in total. The number of aromatic nitrogens is 1. The van der Waals surface area contributed by atoms with Crippen LogP contribution in [0.3, 0.4) is 0 Å². The highest BCUT2D eigenvalue weighted by atomic mass is 35.5. The number of nitrogens with zero attached hydrogens (tertiary/aromatic N) is 4. The Bertz CT molecular complexity index is 792. The summed E-state index contributed by atoms with van der Waals surface area (Å²) in [6.45, 7) is 0. The molecule has 1 aromatic carbocycles. The van der Waals surface area contributed by atoms with E-state index in [-0.39, 0.29) is 37.9 Å². The zero-order valence-electron chi connectivity index (χ0n) is 13.6. The molecule has 0 aliphatic rings. The maximum absolute atomic E-state index is 12.6. The van der Waals surface area contributed by atoms with Crippen molar-refractivity contribution in [1.82, 2.24) is 4.98 Å². The summed E-state index contributed by atoms with van der Waals surface area (Å²) >= 11 is 13.7. The van der Waals surface area contributed by atoms with Gasteiger partial charge in [0.2, 0.25) is 5.13 Å². The molecule has 142 valence electrons. The third-order valence-corrected chi connectivity index (χ3v) is 5.78. The Hall–Kier alpha value is -0.880. The molecule has 0 radical (unpaired) electrons. The first-order chi connectivity index (χ1) is 12.1. The number of hydrogen-bond donors (Lipinski definition) is 1. The van der Waals surface area contributed by atoms with E-state index in [0.717, 1.165) is 21.9 Å². The summed E-state index contributed by atoms with van der Waals surface area (Å²) in [6.07, 6.45) is 1.86. The van der Waals surface area contributed by atoms with E-state index in [2.05, 4.69) is 19.9 Å². The summed E-state index contributed by atoms with van der Waals surface area (Å²) in [5.41, 5.74) is -3.28. The van der Waals surface area contributed by atoms with Gasteiger partial charge in [0.1, 0.15) is 10.0 Å². The first kappa shape index (κ1) is 21.4. The SMILES string of the molecule is CSc1cc(N=Nc2nc(Cl)c(Cl)s2)c(NSC(F)(F)F)cc1N(C)C. The zero-order valence-corrected chi connectivity index (χ0v) is 17.5. The summed E-state index contributed by atoms with van der Waals surface area (Å²) in [5.74, 6) is 0. The van der Waals surface area contributed by atoms with Gasteiger partial charge in [-0.25, -0.2) is 4.98 Å². The molecule has 0 saturated heterocycles. The Balaban J connectivity index is 2.43. The van der Waals surface area contributed by atoms with Crippen LogP contribution in [0.4, 0.5) is 35.4 Å². The molecule has 0 saturated carbocycles. The second kappa shape index (κ2) is 8.87. The van der Waals surface area contributed by atoms with Crippen molar-refractivity contribution in [3.63, 3.8) is 0 Å². The van der Waals surface area contributed by atoms with E-state index in [1.54, 1.807) is 31.1 Å². The van der Waals surface area contributed by atoms with Crippen LogP contribution in [0.2, 0.25) is 9.49 Å². The number of benzene rings is 1. The van der Waals surface area contributed by atoms with Gasteiger partial charge in [-0.05, 0) is 18.4 Å². The molecule has 13 heteroatoms. The predicted molar refractivity (Wildman–Crippen MR) is 106 cm³/mol. The number of thiazole rings is 1. The molecule has 0 bridgehead atoms. The lowest BCUT2D eigenvalue weighted by atomic mass is 10.2. The van der Waals surface area contributed by atoms with Crippen LogP contribution in [-0.4, -0.2) is 30.8 Å². The fourth-order valence-electron chi connectivity index (χ4n) is 1.76. The molecule has 1 heterocycles. The van der Waals surface area contributed by atoms with Gasteiger partial charge in [0.15, 0.2) is 5.15 Å². The van der Waals surface area contributed by atoms with Crippen molar-refractivity contribution in [3.05, 3.63) is 21.6 Å². The smallest absolute Gasteiger partial charge is 0.377 e. The Kier molecular flexibility index (Phi) is 7.31. The first-order valence-corrected chi connectivity index (χ1v) is 10.4. The molecule has 0 aliphatic heterocycles. The van der Waals surface area contributed by atoms with Crippen LogP contribution in [0.1, 0.15) is 0 Å². The van der Waals surface area contributed by atoms with E-state index >= 15 is 0 Å². The molecule has 1 aromatic heterocycles. The molecule has 0 spiro atoms. The molecule has 0 fully saturated rings. The van der Waals surface area contributed by atoms with Crippen molar-refractivity contribution >= 4 is 80.4 Å². The molecule has 0 aliphatic carbocycles. The summed E-state index contributed by atoms with van der Waals surface area (Å²) < 4.78 is 40.3. The van der Waals surface area contributed by atoms with E-state index in [4.69, 9.17) is 23.2 Å². The van der Waals surface area contributed by atoms with Gasteiger partial charge in [-0.15, -0.1) is 22.0 Å². The van der Waals surface area contributed by atoms with Crippen LogP contribution in [0.5, 0.6) is 0 Å². The predicted octanol–water partition coefficient (Wildman–Crippen LogP) is 7.23. The van der Waals surface area contributed by atoms with Crippen LogP contribution >= 0.6 is 58.2 Å². The molecule has 26 heavy (non-hydrogen) atoms. The summed E-state index contributed by atoms with van der Waals surface area (Å²) in [6, 6.07) is 3.24. The monoisotopic (exact) mass is 461 g/mol. The summed E-state index contributed by atoms with van der Waals surface area (Å²) in [5, 5.41) is 8.25. The second-order valence-corrected chi connectivity index (χ2v) is 8.50. The number of halogens is 5. The average Bonchev–Trinajstić information content (AvgIpc) is 2.88. The number of thioether (sulfide) groups is 1. The minimum Gasteiger partial charge on any atom is -0.377 e. The van der Waals surface area contributed by atoms with Gasteiger partial charge >= 0.3 is 5.51 Å². The molecule has 0 amide bonds. The highest BCUT2D eigenvalue weighted by Crippen LogP contribution is 2.42. The van der Waals surface area contributed by atoms with Crippen molar-refractivity contribution in [1.29, 1.82) is 0 Å². The topological polar surface area (TPSA) is 52.9 Å². The Morgan fingerprint density at radius 2 is 1.92 bits per heavy atom. The fraction of sp³-hybridized carbons (Fsp3) is 0.308. The van der Waals surface area contributed by atoms with Crippen molar-refractivity contribution in [2.45, 2.75) is 10.4 Å². The Morgan fingerprint density at radius 1 is 1.23 bits per heavy atom.